The second-order valence-corrected chi connectivity index (χ2v) is 4.89. The zero-order valence-electron chi connectivity index (χ0n) is 10.1. The van der Waals surface area contributed by atoms with Crippen LogP contribution >= 0.6 is 0 Å². The van der Waals surface area contributed by atoms with Crippen LogP contribution in [0.25, 0.3) is 0 Å². The molecule has 2 unspecified atom stereocenters. The predicted molar refractivity (Wildman–Crippen MR) is 62.0 cm³/mol. The highest BCUT2D eigenvalue weighted by Gasteiger charge is 2.35. The molecule has 2 aliphatic rings. The summed E-state index contributed by atoms with van der Waals surface area (Å²) in [6, 6.07) is 0.423. The van der Waals surface area contributed by atoms with Crippen LogP contribution in [0.3, 0.4) is 0 Å². The summed E-state index contributed by atoms with van der Waals surface area (Å²) in [6.07, 6.45) is 0.763. The smallest absolute Gasteiger partial charge is 0.307 e. The molecule has 2 atom stereocenters. The number of carboxylic acids is 1. The number of aliphatic carboxylic acids is 1. The van der Waals surface area contributed by atoms with Gasteiger partial charge in [-0.05, 0) is 6.42 Å². The summed E-state index contributed by atoms with van der Waals surface area (Å²) >= 11 is 0. The lowest BCUT2D eigenvalue weighted by Crippen LogP contribution is -2.18. The van der Waals surface area contributed by atoms with Crippen molar-refractivity contribution in [3.8, 4) is 5.75 Å². The van der Waals surface area contributed by atoms with E-state index in [1.54, 1.807) is 0 Å². The number of carbonyl (C=O) groups is 1. The number of halogens is 2. The molecule has 0 radical (unpaired) electrons. The lowest BCUT2D eigenvalue weighted by molar-refractivity contribution is -0.141. The number of benzene rings is 1. The molecule has 3 rings (SSSR count). The Labute approximate surface area is 108 Å². The molecule has 2 aliphatic heterocycles. The quantitative estimate of drug-likeness (QED) is 0.857. The summed E-state index contributed by atoms with van der Waals surface area (Å²) in [6.45, 7) is 0.629. The van der Waals surface area contributed by atoms with Gasteiger partial charge in [0.2, 0.25) is 0 Å². The lowest BCUT2D eigenvalue weighted by atomic mass is 9.94. The highest BCUT2D eigenvalue weighted by atomic mass is 19.1. The van der Waals surface area contributed by atoms with Crippen LogP contribution in [0.2, 0.25) is 0 Å². The van der Waals surface area contributed by atoms with Crippen LogP contribution < -0.4 is 10.1 Å². The molecule has 0 spiro atoms. The lowest BCUT2D eigenvalue weighted by Gasteiger charge is -2.16. The normalized spacial score (nSPS) is 25.2. The highest BCUT2D eigenvalue weighted by molar-refractivity contribution is 5.71. The average molecular weight is 269 g/mol. The Kier molecular flexibility index (Phi) is 2.89. The van der Waals surface area contributed by atoms with Gasteiger partial charge in [-0.1, -0.05) is 0 Å². The van der Waals surface area contributed by atoms with Crippen molar-refractivity contribution in [2.75, 3.05) is 13.2 Å². The van der Waals surface area contributed by atoms with Crippen molar-refractivity contribution in [2.45, 2.75) is 18.9 Å². The van der Waals surface area contributed by atoms with E-state index >= 15 is 0 Å². The first-order valence-corrected chi connectivity index (χ1v) is 6.17. The molecule has 0 saturated carbocycles. The molecule has 1 aromatic rings. The Bertz CT molecular complexity index is 547. The first-order valence-electron chi connectivity index (χ1n) is 6.17. The molecule has 4 nitrogen and oxygen atoms in total. The molecule has 19 heavy (non-hydrogen) atoms. The minimum absolute atomic E-state index is 0.108. The molecule has 1 saturated heterocycles. The van der Waals surface area contributed by atoms with Crippen molar-refractivity contribution in [1.29, 1.82) is 0 Å². The predicted octanol–water partition coefficient (Wildman–Crippen LogP) is 1.63. The fourth-order valence-electron chi connectivity index (χ4n) is 2.85. The number of hydrogen-bond acceptors (Lipinski definition) is 3. The third-order valence-corrected chi connectivity index (χ3v) is 3.75. The Morgan fingerprint density at radius 2 is 2.21 bits per heavy atom. The number of rotatable bonds is 2. The molecule has 0 bridgehead atoms. The van der Waals surface area contributed by atoms with E-state index in [1.807, 2.05) is 0 Å². The number of carboxylic acid groups (broad SMARTS) is 1. The third kappa shape index (κ3) is 1.96. The maximum Gasteiger partial charge on any atom is 0.307 e. The van der Waals surface area contributed by atoms with E-state index in [1.165, 1.54) is 0 Å². The van der Waals surface area contributed by atoms with Crippen LogP contribution in [0.1, 0.15) is 23.6 Å². The standard InChI is InChI=1S/C13H13F2NO3/c14-8-4-9(15)12-7(1-2-19-12)11(8)10-3-6(5-16-10)13(17)18/h4,6,10,16H,1-3,5H2,(H,17,18). The molecule has 0 amide bonds. The van der Waals surface area contributed by atoms with Gasteiger partial charge in [-0.25, -0.2) is 8.78 Å². The van der Waals surface area contributed by atoms with Crippen LogP contribution in [-0.2, 0) is 11.2 Å². The Morgan fingerprint density at radius 1 is 1.42 bits per heavy atom. The van der Waals surface area contributed by atoms with E-state index in [2.05, 4.69) is 5.32 Å². The Hall–Kier alpha value is -1.69. The fourth-order valence-corrected chi connectivity index (χ4v) is 2.85. The molecule has 0 aromatic heterocycles. The van der Waals surface area contributed by atoms with Crippen LogP contribution in [0.5, 0.6) is 5.75 Å². The van der Waals surface area contributed by atoms with Gasteiger partial charge in [0, 0.05) is 36.2 Å². The van der Waals surface area contributed by atoms with Crippen molar-refractivity contribution >= 4 is 5.97 Å². The summed E-state index contributed by atoms with van der Waals surface area (Å²) in [5, 5.41) is 12.0. The van der Waals surface area contributed by atoms with Crippen molar-refractivity contribution in [1.82, 2.24) is 5.32 Å². The van der Waals surface area contributed by atoms with E-state index in [-0.39, 0.29) is 5.75 Å². The zero-order chi connectivity index (χ0) is 13.6. The summed E-state index contributed by atoms with van der Waals surface area (Å²) in [4.78, 5) is 10.9. The maximum absolute atomic E-state index is 14.0. The first kappa shape index (κ1) is 12.3. The van der Waals surface area contributed by atoms with Crippen molar-refractivity contribution in [2.24, 2.45) is 5.92 Å². The van der Waals surface area contributed by atoms with Gasteiger partial charge in [-0.2, -0.15) is 0 Å². The van der Waals surface area contributed by atoms with Crippen LogP contribution in [-0.4, -0.2) is 24.2 Å². The van der Waals surface area contributed by atoms with Crippen LogP contribution in [0.4, 0.5) is 8.78 Å². The van der Waals surface area contributed by atoms with Gasteiger partial charge in [0.25, 0.3) is 0 Å². The summed E-state index contributed by atoms with van der Waals surface area (Å²) in [5.41, 5.74) is 0.888. The Morgan fingerprint density at radius 3 is 2.89 bits per heavy atom. The fraction of sp³-hybridized carbons (Fsp3) is 0.462. The third-order valence-electron chi connectivity index (χ3n) is 3.75. The summed E-state index contributed by atoms with van der Waals surface area (Å²) in [5.74, 6) is -2.65. The second-order valence-electron chi connectivity index (χ2n) is 4.89. The van der Waals surface area contributed by atoms with E-state index in [0.717, 1.165) is 6.07 Å². The SMILES string of the molecule is O=C(O)C1CNC(c2c(F)cc(F)c3c2CCO3)C1. The van der Waals surface area contributed by atoms with Gasteiger partial charge in [-0.3, -0.25) is 4.79 Å². The van der Waals surface area contributed by atoms with Crippen molar-refractivity contribution in [3.63, 3.8) is 0 Å². The van der Waals surface area contributed by atoms with E-state index in [4.69, 9.17) is 9.84 Å². The topological polar surface area (TPSA) is 58.6 Å². The molecular weight excluding hydrogens is 256 g/mol. The summed E-state index contributed by atoms with van der Waals surface area (Å²) < 4.78 is 32.7. The molecule has 2 N–H and O–H groups in total. The van der Waals surface area contributed by atoms with Gasteiger partial charge in [0.05, 0.1) is 12.5 Å². The van der Waals surface area contributed by atoms with Gasteiger partial charge in [0.1, 0.15) is 5.82 Å². The van der Waals surface area contributed by atoms with Gasteiger partial charge in [-0.15, -0.1) is 0 Å². The molecule has 102 valence electrons. The molecule has 2 heterocycles. The minimum Gasteiger partial charge on any atom is -0.490 e. The average Bonchev–Trinajstić information content (AvgIpc) is 2.97. The number of nitrogens with one attached hydrogen (secondary N) is 1. The first-order chi connectivity index (χ1) is 9.08. The monoisotopic (exact) mass is 269 g/mol. The van der Waals surface area contributed by atoms with E-state index in [0.29, 0.717) is 37.1 Å². The minimum atomic E-state index is -0.898. The van der Waals surface area contributed by atoms with Gasteiger partial charge >= 0.3 is 5.97 Å². The maximum atomic E-state index is 14.0. The number of fused-ring (bicyclic) bond motifs is 1. The van der Waals surface area contributed by atoms with Crippen molar-refractivity contribution in [3.05, 3.63) is 28.8 Å². The van der Waals surface area contributed by atoms with E-state index in [9.17, 15) is 13.6 Å². The molecule has 1 aromatic carbocycles. The molecular formula is C13H13F2NO3. The van der Waals surface area contributed by atoms with Crippen LogP contribution in [0, 0.1) is 17.6 Å². The van der Waals surface area contributed by atoms with E-state index < -0.39 is 29.6 Å². The molecule has 1 fully saturated rings. The molecule has 6 heteroatoms. The molecule has 0 aliphatic carbocycles. The zero-order valence-corrected chi connectivity index (χ0v) is 10.1. The summed E-state index contributed by atoms with van der Waals surface area (Å²) in [7, 11) is 0. The van der Waals surface area contributed by atoms with Gasteiger partial charge < -0.3 is 15.2 Å². The van der Waals surface area contributed by atoms with Crippen LogP contribution in [0.15, 0.2) is 6.07 Å². The largest absolute Gasteiger partial charge is 0.490 e. The second kappa shape index (κ2) is 4.45. The van der Waals surface area contributed by atoms with Gasteiger partial charge in [0.15, 0.2) is 11.6 Å². The van der Waals surface area contributed by atoms with Crippen molar-refractivity contribution < 1.29 is 23.4 Å². The number of ether oxygens (including phenoxy) is 1. The Balaban J connectivity index is 1.98. The highest BCUT2D eigenvalue weighted by Crippen LogP contribution is 2.39. The number of hydrogen-bond donors (Lipinski definition) is 2.